The minimum atomic E-state index is -0.495. The fraction of sp³-hybridized carbons (Fsp3) is 0.300. The average Bonchev–Trinajstić information content (AvgIpc) is 2.18. The Kier molecular flexibility index (Phi) is 3.59. The third kappa shape index (κ3) is 2.53. The number of halogens is 1. The first-order chi connectivity index (χ1) is 6.65. The van der Waals surface area contributed by atoms with Crippen molar-refractivity contribution in [2.75, 3.05) is 18.8 Å². The number of ketones is 1. The van der Waals surface area contributed by atoms with Crippen molar-refractivity contribution in [3.63, 3.8) is 0 Å². The lowest BCUT2D eigenvalue weighted by molar-refractivity contribution is 0.0992. The molecule has 0 amide bonds. The summed E-state index contributed by atoms with van der Waals surface area (Å²) in [5.74, 6) is -0.580. The van der Waals surface area contributed by atoms with Crippen molar-refractivity contribution >= 4 is 11.5 Å². The van der Waals surface area contributed by atoms with E-state index < -0.39 is 5.82 Å². The van der Waals surface area contributed by atoms with E-state index in [2.05, 4.69) is 5.32 Å². The van der Waals surface area contributed by atoms with Crippen LogP contribution in [0.25, 0.3) is 0 Å². The Hall–Kier alpha value is -1.42. The molecule has 0 bridgehead atoms. The summed E-state index contributed by atoms with van der Waals surface area (Å²) >= 11 is 0. The second-order valence-electron chi connectivity index (χ2n) is 2.94. The highest BCUT2D eigenvalue weighted by molar-refractivity contribution is 5.98. The maximum absolute atomic E-state index is 12.8. The first-order valence-corrected chi connectivity index (χ1v) is 4.44. The number of nitrogen functional groups attached to an aromatic ring is 1. The van der Waals surface area contributed by atoms with Gasteiger partial charge in [-0.15, -0.1) is 0 Å². The molecule has 3 N–H and O–H groups in total. The van der Waals surface area contributed by atoms with Crippen LogP contribution in [0.3, 0.4) is 0 Å². The molecule has 14 heavy (non-hydrogen) atoms. The number of Topliss-reactive ketones (excluding diaryl/α,β-unsaturated/α-hetero) is 1. The van der Waals surface area contributed by atoms with Crippen LogP contribution in [-0.2, 0) is 0 Å². The van der Waals surface area contributed by atoms with E-state index in [9.17, 15) is 9.18 Å². The number of likely N-dealkylation sites (N-methyl/N-ethyl adjacent to an activating group) is 1. The molecule has 1 aromatic rings. The van der Waals surface area contributed by atoms with Crippen LogP contribution in [0.1, 0.15) is 17.3 Å². The summed E-state index contributed by atoms with van der Waals surface area (Å²) < 4.78 is 12.8. The summed E-state index contributed by atoms with van der Waals surface area (Å²) in [5.41, 5.74) is 5.78. The number of hydrogen-bond donors (Lipinski definition) is 2. The number of hydrogen-bond acceptors (Lipinski definition) is 3. The third-order valence-corrected chi connectivity index (χ3v) is 1.85. The van der Waals surface area contributed by atoms with Crippen LogP contribution in [0.5, 0.6) is 0 Å². The van der Waals surface area contributed by atoms with Crippen LogP contribution in [-0.4, -0.2) is 18.9 Å². The van der Waals surface area contributed by atoms with Gasteiger partial charge >= 0.3 is 0 Å². The zero-order chi connectivity index (χ0) is 10.6. The number of nitrogens with one attached hydrogen (secondary N) is 1. The summed E-state index contributed by atoms with van der Waals surface area (Å²) in [6.07, 6.45) is 0. The second kappa shape index (κ2) is 4.72. The molecule has 0 unspecified atom stereocenters. The van der Waals surface area contributed by atoms with Crippen molar-refractivity contribution in [2.24, 2.45) is 0 Å². The molecule has 0 fully saturated rings. The van der Waals surface area contributed by atoms with E-state index in [1.54, 1.807) is 0 Å². The highest BCUT2D eigenvalue weighted by atomic mass is 19.1. The van der Waals surface area contributed by atoms with Crippen LogP contribution >= 0.6 is 0 Å². The van der Waals surface area contributed by atoms with E-state index in [-0.39, 0.29) is 18.0 Å². The van der Waals surface area contributed by atoms with Gasteiger partial charge in [-0.25, -0.2) is 4.39 Å². The smallest absolute Gasteiger partial charge is 0.176 e. The van der Waals surface area contributed by atoms with Crippen molar-refractivity contribution in [3.05, 3.63) is 29.6 Å². The summed E-state index contributed by atoms with van der Waals surface area (Å²) in [5, 5.41) is 2.90. The van der Waals surface area contributed by atoms with E-state index >= 15 is 0 Å². The van der Waals surface area contributed by atoms with Gasteiger partial charge in [0, 0.05) is 5.56 Å². The largest absolute Gasteiger partial charge is 0.396 e. The SMILES string of the molecule is CCNCC(=O)c1ccc(F)c(N)c1. The topological polar surface area (TPSA) is 55.1 Å². The predicted molar refractivity (Wildman–Crippen MR) is 53.7 cm³/mol. The van der Waals surface area contributed by atoms with Gasteiger partial charge in [-0.2, -0.15) is 0 Å². The maximum atomic E-state index is 12.8. The van der Waals surface area contributed by atoms with Crippen molar-refractivity contribution in [1.29, 1.82) is 0 Å². The molecule has 1 rings (SSSR count). The molecular weight excluding hydrogens is 183 g/mol. The Morgan fingerprint density at radius 3 is 2.86 bits per heavy atom. The highest BCUT2D eigenvalue weighted by Crippen LogP contribution is 2.12. The summed E-state index contributed by atoms with van der Waals surface area (Å²) in [4.78, 5) is 11.4. The molecule has 0 aliphatic carbocycles. The van der Waals surface area contributed by atoms with Crippen molar-refractivity contribution < 1.29 is 9.18 Å². The molecule has 0 aliphatic rings. The van der Waals surface area contributed by atoms with E-state index in [0.717, 1.165) is 6.54 Å². The van der Waals surface area contributed by atoms with Gasteiger partial charge < -0.3 is 11.1 Å². The van der Waals surface area contributed by atoms with E-state index in [4.69, 9.17) is 5.73 Å². The molecule has 0 saturated heterocycles. The van der Waals surface area contributed by atoms with E-state index in [1.165, 1.54) is 18.2 Å². The van der Waals surface area contributed by atoms with Crippen LogP contribution in [0, 0.1) is 5.82 Å². The van der Waals surface area contributed by atoms with Gasteiger partial charge in [0.1, 0.15) is 5.82 Å². The quantitative estimate of drug-likeness (QED) is 0.562. The van der Waals surface area contributed by atoms with Crippen molar-refractivity contribution in [2.45, 2.75) is 6.92 Å². The van der Waals surface area contributed by atoms with Gasteiger partial charge in [-0.3, -0.25) is 4.79 Å². The number of benzene rings is 1. The Morgan fingerprint density at radius 1 is 1.57 bits per heavy atom. The normalized spacial score (nSPS) is 10.1. The van der Waals surface area contributed by atoms with Crippen LogP contribution < -0.4 is 11.1 Å². The lowest BCUT2D eigenvalue weighted by Crippen LogP contribution is -2.22. The number of rotatable bonds is 4. The molecule has 76 valence electrons. The molecule has 0 spiro atoms. The maximum Gasteiger partial charge on any atom is 0.176 e. The highest BCUT2D eigenvalue weighted by Gasteiger charge is 2.06. The molecular formula is C10H13FN2O. The van der Waals surface area contributed by atoms with Gasteiger partial charge in [0.05, 0.1) is 12.2 Å². The lowest BCUT2D eigenvalue weighted by Gasteiger charge is -2.03. The van der Waals surface area contributed by atoms with Crippen LogP contribution in [0.4, 0.5) is 10.1 Å². The number of carbonyl (C=O) groups excluding carboxylic acids is 1. The number of carbonyl (C=O) groups is 1. The van der Waals surface area contributed by atoms with Crippen molar-refractivity contribution in [3.8, 4) is 0 Å². The number of nitrogens with two attached hydrogens (primary N) is 1. The Balaban J connectivity index is 2.76. The Bertz CT molecular complexity index is 339. The van der Waals surface area contributed by atoms with Crippen LogP contribution in [0.15, 0.2) is 18.2 Å². The molecule has 0 radical (unpaired) electrons. The van der Waals surface area contributed by atoms with Gasteiger partial charge in [0.2, 0.25) is 0 Å². The fourth-order valence-electron chi connectivity index (χ4n) is 1.06. The van der Waals surface area contributed by atoms with E-state index in [0.29, 0.717) is 5.56 Å². The minimum Gasteiger partial charge on any atom is -0.396 e. The van der Waals surface area contributed by atoms with Gasteiger partial charge in [-0.05, 0) is 24.7 Å². The molecule has 3 nitrogen and oxygen atoms in total. The molecule has 0 atom stereocenters. The second-order valence-corrected chi connectivity index (χ2v) is 2.94. The molecule has 1 aromatic carbocycles. The molecule has 0 aliphatic heterocycles. The molecule has 0 saturated carbocycles. The summed E-state index contributed by atoms with van der Waals surface area (Å²) in [6, 6.07) is 3.99. The number of anilines is 1. The van der Waals surface area contributed by atoms with Crippen LogP contribution in [0.2, 0.25) is 0 Å². The fourth-order valence-corrected chi connectivity index (χ4v) is 1.06. The zero-order valence-electron chi connectivity index (χ0n) is 8.01. The summed E-state index contributed by atoms with van der Waals surface area (Å²) in [6.45, 7) is 2.89. The van der Waals surface area contributed by atoms with Crippen molar-refractivity contribution in [1.82, 2.24) is 5.32 Å². The minimum absolute atomic E-state index is 0.00680. The first kappa shape index (κ1) is 10.7. The molecule has 0 heterocycles. The zero-order valence-corrected chi connectivity index (χ0v) is 8.01. The predicted octanol–water partition coefficient (Wildman–Crippen LogP) is 1.20. The lowest BCUT2D eigenvalue weighted by atomic mass is 10.1. The van der Waals surface area contributed by atoms with Gasteiger partial charge in [0.15, 0.2) is 5.78 Å². The standard InChI is InChI=1S/C10H13FN2O/c1-2-13-6-10(14)7-3-4-8(11)9(12)5-7/h3-5,13H,2,6,12H2,1H3. The van der Waals surface area contributed by atoms with Gasteiger partial charge in [0.25, 0.3) is 0 Å². The van der Waals surface area contributed by atoms with Gasteiger partial charge in [-0.1, -0.05) is 6.92 Å². The monoisotopic (exact) mass is 196 g/mol. The average molecular weight is 196 g/mol. The van der Waals surface area contributed by atoms with E-state index in [1.807, 2.05) is 6.92 Å². The Morgan fingerprint density at radius 2 is 2.29 bits per heavy atom. The third-order valence-electron chi connectivity index (χ3n) is 1.85. The molecule has 4 heteroatoms. The molecule has 0 aromatic heterocycles. The summed E-state index contributed by atoms with van der Waals surface area (Å²) in [7, 11) is 0. The first-order valence-electron chi connectivity index (χ1n) is 4.44. The Labute approximate surface area is 82.1 Å².